The third kappa shape index (κ3) is 4.45. The van der Waals surface area contributed by atoms with Gasteiger partial charge in [0.25, 0.3) is 11.8 Å². The highest BCUT2D eigenvalue weighted by molar-refractivity contribution is 5.98. The molecule has 0 aliphatic heterocycles. The van der Waals surface area contributed by atoms with Gasteiger partial charge in [-0.25, -0.2) is 0 Å². The zero-order chi connectivity index (χ0) is 17.8. The van der Waals surface area contributed by atoms with Crippen LogP contribution >= 0.6 is 0 Å². The van der Waals surface area contributed by atoms with Gasteiger partial charge in [-0.15, -0.1) is 0 Å². The molecule has 5 heteroatoms. The number of aryl methyl sites for hydroxylation is 1. The van der Waals surface area contributed by atoms with Crippen LogP contribution in [0.5, 0.6) is 0 Å². The van der Waals surface area contributed by atoms with E-state index in [0.29, 0.717) is 17.2 Å². The van der Waals surface area contributed by atoms with Crippen molar-refractivity contribution in [1.82, 2.24) is 10.6 Å². The molecule has 2 aromatic rings. The van der Waals surface area contributed by atoms with E-state index in [2.05, 4.69) is 10.6 Å². The van der Waals surface area contributed by atoms with Crippen LogP contribution in [0.1, 0.15) is 50.8 Å². The molecule has 1 unspecified atom stereocenters. The standard InChI is InChI=1S/C20H22N2O3/c1-13-4-2-3-5-17(13)18(23)12-21-19(24)14-6-8-15(9-7-14)20(25)22-16-10-11-16/h2-9,16,18,23H,10-12H2,1H3,(H,21,24)(H,22,25). The second-order valence-electron chi connectivity index (χ2n) is 6.41. The first kappa shape index (κ1) is 17.2. The van der Waals surface area contributed by atoms with E-state index in [0.717, 1.165) is 24.0 Å². The summed E-state index contributed by atoms with van der Waals surface area (Å²) < 4.78 is 0. The Morgan fingerprint density at radius 3 is 2.24 bits per heavy atom. The molecule has 1 aliphatic carbocycles. The highest BCUT2D eigenvalue weighted by Gasteiger charge is 2.23. The molecule has 0 spiro atoms. The molecule has 0 aromatic heterocycles. The van der Waals surface area contributed by atoms with Crippen LogP contribution in [0.2, 0.25) is 0 Å². The molecule has 1 atom stereocenters. The first-order chi connectivity index (χ1) is 12.0. The number of aliphatic hydroxyl groups excluding tert-OH is 1. The number of carbonyl (C=O) groups is 2. The Morgan fingerprint density at radius 1 is 1.04 bits per heavy atom. The van der Waals surface area contributed by atoms with Crippen molar-refractivity contribution in [1.29, 1.82) is 0 Å². The third-order valence-electron chi connectivity index (χ3n) is 4.33. The Morgan fingerprint density at radius 2 is 1.64 bits per heavy atom. The lowest BCUT2D eigenvalue weighted by Gasteiger charge is -2.14. The molecule has 0 saturated heterocycles. The van der Waals surface area contributed by atoms with Crippen LogP contribution in [0.25, 0.3) is 0 Å². The summed E-state index contributed by atoms with van der Waals surface area (Å²) in [5.74, 6) is -0.383. The summed E-state index contributed by atoms with van der Waals surface area (Å²) in [6.07, 6.45) is 1.32. The van der Waals surface area contributed by atoms with Gasteiger partial charge in [0.15, 0.2) is 0 Å². The number of hydrogen-bond donors (Lipinski definition) is 3. The van der Waals surface area contributed by atoms with Gasteiger partial charge in [-0.1, -0.05) is 24.3 Å². The van der Waals surface area contributed by atoms with Crippen LogP contribution in [0.15, 0.2) is 48.5 Å². The Bertz CT molecular complexity index is 767. The third-order valence-corrected chi connectivity index (χ3v) is 4.33. The minimum Gasteiger partial charge on any atom is -0.387 e. The Labute approximate surface area is 147 Å². The number of benzene rings is 2. The first-order valence-electron chi connectivity index (χ1n) is 8.47. The van der Waals surface area contributed by atoms with Gasteiger partial charge in [0, 0.05) is 23.7 Å². The number of amides is 2. The fourth-order valence-electron chi connectivity index (χ4n) is 2.63. The average Bonchev–Trinajstić information content (AvgIpc) is 3.44. The fourth-order valence-corrected chi connectivity index (χ4v) is 2.63. The molecule has 1 fully saturated rings. The van der Waals surface area contributed by atoms with Crippen molar-refractivity contribution in [2.45, 2.75) is 31.9 Å². The fraction of sp³-hybridized carbons (Fsp3) is 0.300. The van der Waals surface area contributed by atoms with Crippen LogP contribution in [0.3, 0.4) is 0 Å². The summed E-state index contributed by atoms with van der Waals surface area (Å²) in [4.78, 5) is 24.1. The predicted molar refractivity (Wildman–Crippen MR) is 95.4 cm³/mol. The molecule has 0 radical (unpaired) electrons. The lowest BCUT2D eigenvalue weighted by molar-refractivity contribution is 0.0913. The predicted octanol–water partition coefficient (Wildman–Crippen LogP) is 2.35. The van der Waals surface area contributed by atoms with E-state index in [9.17, 15) is 14.7 Å². The summed E-state index contributed by atoms with van der Waals surface area (Å²) in [6, 6.07) is 14.4. The quantitative estimate of drug-likeness (QED) is 0.756. The smallest absolute Gasteiger partial charge is 0.251 e. The van der Waals surface area contributed by atoms with Crippen LogP contribution in [0, 0.1) is 6.92 Å². The van der Waals surface area contributed by atoms with E-state index in [1.54, 1.807) is 24.3 Å². The SMILES string of the molecule is Cc1ccccc1C(O)CNC(=O)c1ccc(C(=O)NC2CC2)cc1. The van der Waals surface area contributed by atoms with Crippen molar-refractivity contribution in [2.24, 2.45) is 0 Å². The molecule has 3 N–H and O–H groups in total. The van der Waals surface area contributed by atoms with E-state index >= 15 is 0 Å². The van der Waals surface area contributed by atoms with Crippen LogP contribution in [-0.2, 0) is 0 Å². The minimum absolute atomic E-state index is 0.107. The van der Waals surface area contributed by atoms with Gasteiger partial charge in [0.2, 0.25) is 0 Å². The molecule has 2 aromatic carbocycles. The van der Waals surface area contributed by atoms with Gasteiger partial charge >= 0.3 is 0 Å². The van der Waals surface area contributed by atoms with Crippen molar-refractivity contribution in [3.05, 3.63) is 70.8 Å². The van der Waals surface area contributed by atoms with E-state index in [4.69, 9.17) is 0 Å². The number of hydrogen-bond acceptors (Lipinski definition) is 3. The summed E-state index contributed by atoms with van der Waals surface area (Å²) in [5.41, 5.74) is 2.79. The summed E-state index contributed by atoms with van der Waals surface area (Å²) in [7, 11) is 0. The van der Waals surface area contributed by atoms with Crippen molar-refractivity contribution in [3.63, 3.8) is 0 Å². The van der Waals surface area contributed by atoms with E-state index in [-0.39, 0.29) is 18.4 Å². The Kier molecular flexibility index (Phi) is 5.14. The molecule has 0 heterocycles. The molecule has 25 heavy (non-hydrogen) atoms. The van der Waals surface area contributed by atoms with E-state index in [1.807, 2.05) is 31.2 Å². The molecular formula is C20H22N2O3. The van der Waals surface area contributed by atoms with Gasteiger partial charge in [-0.05, 0) is 55.2 Å². The van der Waals surface area contributed by atoms with Gasteiger partial charge in [-0.2, -0.15) is 0 Å². The van der Waals surface area contributed by atoms with Crippen molar-refractivity contribution in [3.8, 4) is 0 Å². The monoisotopic (exact) mass is 338 g/mol. The van der Waals surface area contributed by atoms with Crippen LogP contribution in [0.4, 0.5) is 0 Å². The number of aliphatic hydroxyl groups is 1. The molecule has 2 amide bonds. The van der Waals surface area contributed by atoms with Gasteiger partial charge in [-0.3, -0.25) is 9.59 Å². The molecular weight excluding hydrogens is 316 g/mol. The topological polar surface area (TPSA) is 78.4 Å². The number of carbonyl (C=O) groups excluding carboxylic acids is 2. The van der Waals surface area contributed by atoms with E-state index < -0.39 is 6.10 Å². The van der Waals surface area contributed by atoms with Crippen molar-refractivity contribution < 1.29 is 14.7 Å². The molecule has 130 valence electrons. The maximum absolute atomic E-state index is 12.2. The minimum atomic E-state index is -0.756. The molecule has 3 rings (SSSR count). The maximum Gasteiger partial charge on any atom is 0.251 e. The van der Waals surface area contributed by atoms with E-state index in [1.165, 1.54) is 0 Å². The van der Waals surface area contributed by atoms with Crippen molar-refractivity contribution >= 4 is 11.8 Å². The molecule has 0 bridgehead atoms. The summed E-state index contributed by atoms with van der Waals surface area (Å²) in [5, 5.41) is 15.9. The van der Waals surface area contributed by atoms with Gasteiger partial charge < -0.3 is 15.7 Å². The highest BCUT2D eigenvalue weighted by Crippen LogP contribution is 2.19. The summed E-state index contributed by atoms with van der Waals surface area (Å²) >= 11 is 0. The lowest BCUT2D eigenvalue weighted by atomic mass is 10.0. The second kappa shape index (κ2) is 7.49. The van der Waals surface area contributed by atoms with Crippen LogP contribution in [-0.4, -0.2) is 29.5 Å². The zero-order valence-electron chi connectivity index (χ0n) is 14.2. The van der Waals surface area contributed by atoms with Crippen LogP contribution < -0.4 is 10.6 Å². The van der Waals surface area contributed by atoms with Gasteiger partial charge in [0.05, 0.1) is 6.10 Å². The average molecular weight is 338 g/mol. The second-order valence-corrected chi connectivity index (χ2v) is 6.41. The van der Waals surface area contributed by atoms with Crippen molar-refractivity contribution in [2.75, 3.05) is 6.54 Å². The molecule has 1 saturated carbocycles. The number of nitrogens with one attached hydrogen (secondary N) is 2. The van der Waals surface area contributed by atoms with Gasteiger partial charge in [0.1, 0.15) is 0 Å². The maximum atomic E-state index is 12.2. The molecule has 1 aliphatic rings. The Balaban J connectivity index is 1.55. The first-order valence-corrected chi connectivity index (χ1v) is 8.47. The molecule has 5 nitrogen and oxygen atoms in total. The lowest BCUT2D eigenvalue weighted by Crippen LogP contribution is -2.29. The Hall–Kier alpha value is -2.66. The highest BCUT2D eigenvalue weighted by atomic mass is 16.3. The number of rotatable bonds is 6. The largest absolute Gasteiger partial charge is 0.387 e. The summed E-state index contributed by atoms with van der Waals surface area (Å²) in [6.45, 7) is 2.05. The zero-order valence-corrected chi connectivity index (χ0v) is 14.2. The normalized spacial score (nSPS) is 14.6.